The molecule has 1 aliphatic rings. The maximum absolute atomic E-state index is 12.6. The molecule has 0 heterocycles. The number of nitrogens with one attached hydrogen (secondary N) is 2. The SMILES string of the molecule is COc1ccc(C(NC(=O)c2cccc(NC(=O)C3CC3C)c2)C(=O)O)cc1. The van der Waals surface area contributed by atoms with Crippen LogP contribution in [0.1, 0.15) is 35.3 Å². The van der Waals surface area contributed by atoms with Crippen LogP contribution in [-0.4, -0.2) is 30.0 Å². The zero-order valence-corrected chi connectivity index (χ0v) is 15.6. The van der Waals surface area contributed by atoms with Gasteiger partial charge in [-0.1, -0.05) is 25.1 Å². The van der Waals surface area contributed by atoms with Crippen LogP contribution in [0.15, 0.2) is 48.5 Å². The van der Waals surface area contributed by atoms with Gasteiger partial charge in [-0.15, -0.1) is 0 Å². The summed E-state index contributed by atoms with van der Waals surface area (Å²) in [5.41, 5.74) is 1.20. The predicted octanol–water partition coefficient (Wildman–Crippen LogP) is 2.85. The third-order valence-corrected chi connectivity index (χ3v) is 4.81. The van der Waals surface area contributed by atoms with E-state index in [1.54, 1.807) is 42.5 Å². The Hall–Kier alpha value is -3.35. The lowest BCUT2D eigenvalue weighted by atomic mass is 10.1. The van der Waals surface area contributed by atoms with Crippen LogP contribution in [0.2, 0.25) is 0 Å². The molecule has 3 atom stereocenters. The summed E-state index contributed by atoms with van der Waals surface area (Å²) >= 11 is 0. The maximum Gasteiger partial charge on any atom is 0.330 e. The van der Waals surface area contributed by atoms with E-state index in [-0.39, 0.29) is 17.4 Å². The largest absolute Gasteiger partial charge is 0.497 e. The third-order valence-electron chi connectivity index (χ3n) is 4.81. The van der Waals surface area contributed by atoms with E-state index in [2.05, 4.69) is 10.6 Å². The average Bonchev–Trinajstić information content (AvgIpc) is 3.43. The summed E-state index contributed by atoms with van der Waals surface area (Å²) in [7, 11) is 1.51. The molecule has 3 N–H and O–H groups in total. The Kier molecular flexibility index (Phi) is 5.63. The summed E-state index contributed by atoms with van der Waals surface area (Å²) in [6, 6.07) is 11.7. The molecule has 1 aliphatic carbocycles. The summed E-state index contributed by atoms with van der Waals surface area (Å²) < 4.78 is 5.06. The molecule has 0 bridgehead atoms. The summed E-state index contributed by atoms with van der Waals surface area (Å²) in [6.45, 7) is 2.01. The minimum atomic E-state index is -1.20. The Labute approximate surface area is 162 Å². The molecule has 0 radical (unpaired) electrons. The molecule has 146 valence electrons. The highest BCUT2D eigenvalue weighted by Gasteiger charge is 2.39. The number of carboxylic acid groups (broad SMARTS) is 1. The van der Waals surface area contributed by atoms with Gasteiger partial charge in [0.05, 0.1) is 7.11 Å². The number of carbonyl (C=O) groups excluding carboxylic acids is 2. The number of methoxy groups -OCH3 is 1. The molecular weight excluding hydrogens is 360 g/mol. The molecule has 7 nitrogen and oxygen atoms in total. The number of amides is 2. The number of ether oxygens (including phenoxy) is 1. The van der Waals surface area contributed by atoms with Crippen molar-refractivity contribution < 1.29 is 24.2 Å². The molecule has 3 rings (SSSR count). The normalized spacial score (nSPS) is 18.6. The second-order valence-electron chi connectivity index (χ2n) is 6.91. The summed E-state index contributed by atoms with van der Waals surface area (Å²) in [5, 5.41) is 14.8. The van der Waals surface area contributed by atoms with Crippen molar-refractivity contribution in [2.24, 2.45) is 11.8 Å². The second-order valence-corrected chi connectivity index (χ2v) is 6.91. The number of hydrogen-bond donors (Lipinski definition) is 3. The molecule has 2 amide bonds. The van der Waals surface area contributed by atoms with E-state index in [1.807, 2.05) is 6.92 Å². The van der Waals surface area contributed by atoms with Crippen LogP contribution in [0, 0.1) is 11.8 Å². The quantitative estimate of drug-likeness (QED) is 0.683. The lowest BCUT2D eigenvalue weighted by Crippen LogP contribution is -2.33. The molecule has 0 aromatic heterocycles. The van der Waals surface area contributed by atoms with Crippen LogP contribution in [0.5, 0.6) is 5.75 Å². The van der Waals surface area contributed by atoms with E-state index in [0.29, 0.717) is 22.9 Å². The smallest absolute Gasteiger partial charge is 0.330 e. The molecule has 28 heavy (non-hydrogen) atoms. The number of rotatable bonds is 7. The van der Waals surface area contributed by atoms with Gasteiger partial charge in [0.2, 0.25) is 5.91 Å². The summed E-state index contributed by atoms with van der Waals surface area (Å²) in [4.78, 5) is 36.3. The lowest BCUT2D eigenvalue weighted by Gasteiger charge is -2.16. The van der Waals surface area contributed by atoms with Crippen LogP contribution in [-0.2, 0) is 9.59 Å². The second kappa shape index (κ2) is 8.12. The number of anilines is 1. The van der Waals surface area contributed by atoms with Gasteiger partial charge in [0.25, 0.3) is 5.91 Å². The average molecular weight is 382 g/mol. The first-order valence-electron chi connectivity index (χ1n) is 8.97. The molecule has 7 heteroatoms. The highest BCUT2D eigenvalue weighted by molar-refractivity contribution is 5.99. The van der Waals surface area contributed by atoms with Gasteiger partial charge >= 0.3 is 5.97 Å². The van der Waals surface area contributed by atoms with Gasteiger partial charge in [-0.25, -0.2) is 4.79 Å². The van der Waals surface area contributed by atoms with Crippen molar-refractivity contribution in [2.75, 3.05) is 12.4 Å². The van der Waals surface area contributed by atoms with Crippen LogP contribution in [0.4, 0.5) is 5.69 Å². The Bertz CT molecular complexity index is 894. The first-order chi connectivity index (χ1) is 13.4. The molecular formula is C21H22N2O5. The van der Waals surface area contributed by atoms with E-state index in [9.17, 15) is 19.5 Å². The van der Waals surface area contributed by atoms with Crippen LogP contribution >= 0.6 is 0 Å². The molecule has 2 aromatic carbocycles. The van der Waals surface area contributed by atoms with E-state index >= 15 is 0 Å². The number of hydrogen-bond acceptors (Lipinski definition) is 4. The van der Waals surface area contributed by atoms with Gasteiger partial charge in [-0.2, -0.15) is 0 Å². The van der Waals surface area contributed by atoms with E-state index in [4.69, 9.17) is 4.74 Å². The van der Waals surface area contributed by atoms with Crippen LogP contribution < -0.4 is 15.4 Å². The van der Waals surface area contributed by atoms with E-state index in [1.165, 1.54) is 13.2 Å². The Morgan fingerprint density at radius 3 is 2.39 bits per heavy atom. The molecule has 0 spiro atoms. The zero-order valence-electron chi connectivity index (χ0n) is 15.6. The summed E-state index contributed by atoms with van der Waals surface area (Å²) in [6.07, 6.45) is 0.869. The number of carboxylic acids is 1. The lowest BCUT2D eigenvalue weighted by molar-refractivity contribution is -0.139. The van der Waals surface area contributed by atoms with Crippen LogP contribution in [0.25, 0.3) is 0 Å². The van der Waals surface area contributed by atoms with Gasteiger partial charge in [0, 0.05) is 17.2 Å². The van der Waals surface area contributed by atoms with Gasteiger partial charge in [-0.3, -0.25) is 9.59 Å². The fourth-order valence-corrected chi connectivity index (χ4v) is 2.96. The first-order valence-corrected chi connectivity index (χ1v) is 8.97. The van der Waals surface area contributed by atoms with Gasteiger partial charge in [0.1, 0.15) is 5.75 Å². The molecule has 1 fully saturated rings. The maximum atomic E-state index is 12.6. The number of carbonyl (C=O) groups is 3. The highest BCUT2D eigenvalue weighted by atomic mass is 16.5. The van der Waals surface area contributed by atoms with Crippen molar-refractivity contribution in [3.05, 3.63) is 59.7 Å². The highest BCUT2D eigenvalue weighted by Crippen LogP contribution is 2.38. The van der Waals surface area contributed by atoms with E-state index in [0.717, 1.165) is 6.42 Å². The summed E-state index contributed by atoms with van der Waals surface area (Å²) in [5.74, 6) is -0.791. The molecule has 3 unspecified atom stereocenters. The predicted molar refractivity (Wildman–Crippen MR) is 103 cm³/mol. The van der Waals surface area contributed by atoms with E-state index < -0.39 is 17.9 Å². The first kappa shape index (κ1) is 19.4. The van der Waals surface area contributed by atoms with Crippen molar-refractivity contribution in [3.8, 4) is 5.75 Å². The molecule has 0 aliphatic heterocycles. The minimum Gasteiger partial charge on any atom is -0.497 e. The molecule has 0 saturated heterocycles. The standard InChI is InChI=1S/C21H22N2O5/c1-12-10-17(12)20(25)22-15-5-3-4-14(11-15)19(24)23-18(21(26)27)13-6-8-16(28-2)9-7-13/h3-9,11-12,17-18H,10H2,1-2H3,(H,22,25)(H,23,24)(H,26,27). The van der Waals surface area contributed by atoms with Crippen molar-refractivity contribution in [3.63, 3.8) is 0 Å². The third kappa shape index (κ3) is 4.49. The van der Waals surface area contributed by atoms with Crippen molar-refractivity contribution >= 4 is 23.5 Å². The van der Waals surface area contributed by atoms with Crippen molar-refractivity contribution in [1.82, 2.24) is 5.32 Å². The number of benzene rings is 2. The van der Waals surface area contributed by atoms with Gasteiger partial charge in [-0.05, 0) is 48.2 Å². The minimum absolute atomic E-state index is 0.0175. The van der Waals surface area contributed by atoms with Crippen molar-refractivity contribution in [1.29, 1.82) is 0 Å². The Morgan fingerprint density at radius 1 is 1.14 bits per heavy atom. The molecule has 1 saturated carbocycles. The fourth-order valence-electron chi connectivity index (χ4n) is 2.96. The monoisotopic (exact) mass is 382 g/mol. The van der Waals surface area contributed by atoms with Gasteiger partial charge in [0.15, 0.2) is 6.04 Å². The Balaban J connectivity index is 1.71. The van der Waals surface area contributed by atoms with Gasteiger partial charge < -0.3 is 20.5 Å². The topological polar surface area (TPSA) is 105 Å². The Morgan fingerprint density at radius 2 is 1.82 bits per heavy atom. The van der Waals surface area contributed by atoms with Crippen LogP contribution in [0.3, 0.4) is 0 Å². The van der Waals surface area contributed by atoms with Crippen molar-refractivity contribution in [2.45, 2.75) is 19.4 Å². The number of aliphatic carboxylic acids is 1. The zero-order chi connectivity index (χ0) is 20.3. The fraction of sp³-hybridized carbons (Fsp3) is 0.286. The molecule has 2 aromatic rings.